The standard InChI is InChI=1S/C15H14N2O3/c1-2-20-11-7-5-10(6-8-11)17-14(18)12-4-3-9-16-13(12)15(17)19/h3-9,15,19H,2H2,1H3/t15-/m0/s1. The summed E-state index contributed by atoms with van der Waals surface area (Å²) in [6.45, 7) is 2.49. The van der Waals surface area contributed by atoms with Gasteiger partial charge in [-0.3, -0.25) is 14.7 Å². The number of benzene rings is 1. The number of pyridine rings is 1. The van der Waals surface area contributed by atoms with E-state index >= 15 is 0 Å². The van der Waals surface area contributed by atoms with Gasteiger partial charge in [-0.25, -0.2) is 0 Å². The fraction of sp³-hybridized carbons (Fsp3) is 0.200. The second-order valence-electron chi connectivity index (χ2n) is 4.41. The van der Waals surface area contributed by atoms with Crippen LogP contribution in [0.25, 0.3) is 0 Å². The van der Waals surface area contributed by atoms with Crippen molar-refractivity contribution >= 4 is 11.6 Å². The molecule has 5 nitrogen and oxygen atoms in total. The number of rotatable bonds is 3. The number of anilines is 1. The summed E-state index contributed by atoms with van der Waals surface area (Å²) in [7, 11) is 0. The van der Waals surface area contributed by atoms with Gasteiger partial charge in [-0.15, -0.1) is 0 Å². The summed E-state index contributed by atoms with van der Waals surface area (Å²) in [6.07, 6.45) is 0.522. The van der Waals surface area contributed by atoms with Crippen molar-refractivity contribution < 1.29 is 14.6 Å². The Labute approximate surface area is 116 Å². The third-order valence-corrected chi connectivity index (χ3v) is 3.20. The van der Waals surface area contributed by atoms with Gasteiger partial charge in [-0.2, -0.15) is 0 Å². The Bertz CT molecular complexity index is 640. The van der Waals surface area contributed by atoms with E-state index in [1.54, 1.807) is 42.6 Å². The van der Waals surface area contributed by atoms with Crippen molar-refractivity contribution in [3.63, 3.8) is 0 Å². The zero-order chi connectivity index (χ0) is 14.1. The summed E-state index contributed by atoms with van der Waals surface area (Å²) in [6, 6.07) is 10.4. The van der Waals surface area contributed by atoms with Gasteiger partial charge in [0.1, 0.15) is 11.4 Å². The Morgan fingerprint density at radius 3 is 2.70 bits per heavy atom. The SMILES string of the molecule is CCOc1ccc(N2C(=O)c3cccnc3[C@@H]2O)cc1. The lowest BCUT2D eigenvalue weighted by molar-refractivity contribution is 0.0933. The molecular formula is C15H14N2O3. The molecule has 0 spiro atoms. The van der Waals surface area contributed by atoms with E-state index in [1.165, 1.54) is 4.90 Å². The molecule has 0 aliphatic carbocycles. The summed E-state index contributed by atoms with van der Waals surface area (Å²) >= 11 is 0. The van der Waals surface area contributed by atoms with Crippen molar-refractivity contribution in [1.82, 2.24) is 4.98 Å². The Balaban J connectivity index is 1.94. The number of aliphatic hydroxyl groups is 1. The number of ether oxygens (including phenoxy) is 1. The highest BCUT2D eigenvalue weighted by Gasteiger charge is 2.37. The molecule has 5 heteroatoms. The van der Waals surface area contributed by atoms with Crippen LogP contribution in [0.4, 0.5) is 5.69 Å². The van der Waals surface area contributed by atoms with E-state index < -0.39 is 6.23 Å². The minimum absolute atomic E-state index is 0.246. The molecule has 20 heavy (non-hydrogen) atoms. The van der Waals surface area contributed by atoms with E-state index in [2.05, 4.69) is 4.98 Å². The highest BCUT2D eigenvalue weighted by molar-refractivity contribution is 6.10. The molecule has 3 rings (SSSR count). The van der Waals surface area contributed by atoms with Crippen LogP contribution < -0.4 is 9.64 Å². The number of aromatic nitrogens is 1. The number of carbonyl (C=O) groups is 1. The van der Waals surface area contributed by atoms with Crippen molar-refractivity contribution in [2.75, 3.05) is 11.5 Å². The molecule has 0 fully saturated rings. The van der Waals surface area contributed by atoms with Crippen LogP contribution >= 0.6 is 0 Å². The molecule has 1 aromatic heterocycles. The first-order valence-corrected chi connectivity index (χ1v) is 6.41. The first-order valence-electron chi connectivity index (χ1n) is 6.41. The van der Waals surface area contributed by atoms with Crippen LogP contribution in [0.15, 0.2) is 42.6 Å². The molecule has 1 aromatic carbocycles. The zero-order valence-electron chi connectivity index (χ0n) is 11.0. The number of nitrogens with zero attached hydrogens (tertiary/aromatic N) is 2. The lowest BCUT2D eigenvalue weighted by Gasteiger charge is -2.20. The van der Waals surface area contributed by atoms with Crippen LogP contribution in [-0.4, -0.2) is 22.6 Å². The van der Waals surface area contributed by atoms with Crippen LogP contribution in [-0.2, 0) is 0 Å². The van der Waals surface area contributed by atoms with Gasteiger partial charge in [0.25, 0.3) is 5.91 Å². The van der Waals surface area contributed by atoms with Crippen molar-refractivity contribution in [2.45, 2.75) is 13.2 Å². The van der Waals surface area contributed by atoms with Crippen molar-refractivity contribution in [2.24, 2.45) is 0 Å². The average molecular weight is 270 g/mol. The van der Waals surface area contributed by atoms with Gasteiger partial charge >= 0.3 is 0 Å². The highest BCUT2D eigenvalue weighted by Crippen LogP contribution is 2.34. The molecule has 0 bridgehead atoms. The molecule has 1 amide bonds. The van der Waals surface area contributed by atoms with Crippen LogP contribution in [0.2, 0.25) is 0 Å². The van der Waals surface area contributed by atoms with Crippen LogP contribution in [0.5, 0.6) is 5.75 Å². The van der Waals surface area contributed by atoms with E-state index in [4.69, 9.17) is 4.74 Å². The highest BCUT2D eigenvalue weighted by atomic mass is 16.5. The van der Waals surface area contributed by atoms with Gasteiger partial charge < -0.3 is 9.84 Å². The number of fused-ring (bicyclic) bond motifs is 1. The maximum atomic E-state index is 12.3. The largest absolute Gasteiger partial charge is 0.494 e. The number of hydrogen-bond donors (Lipinski definition) is 1. The summed E-state index contributed by atoms with van der Waals surface area (Å²) in [5, 5.41) is 10.2. The molecule has 0 unspecified atom stereocenters. The van der Waals surface area contributed by atoms with Crippen molar-refractivity contribution in [3.05, 3.63) is 53.9 Å². The molecular weight excluding hydrogens is 256 g/mol. The fourth-order valence-electron chi connectivity index (χ4n) is 2.30. The number of hydrogen-bond acceptors (Lipinski definition) is 4. The normalized spacial score (nSPS) is 17.2. The number of aliphatic hydroxyl groups excluding tert-OH is 1. The predicted molar refractivity (Wildman–Crippen MR) is 73.6 cm³/mol. The lowest BCUT2D eigenvalue weighted by atomic mass is 10.2. The minimum atomic E-state index is -1.04. The van der Waals surface area contributed by atoms with Crippen molar-refractivity contribution in [1.29, 1.82) is 0 Å². The molecule has 0 saturated carbocycles. The molecule has 2 aromatic rings. The molecule has 1 aliphatic rings. The smallest absolute Gasteiger partial charge is 0.262 e. The molecule has 2 heterocycles. The van der Waals surface area contributed by atoms with Crippen LogP contribution in [0.3, 0.4) is 0 Å². The summed E-state index contributed by atoms with van der Waals surface area (Å²) in [4.78, 5) is 17.7. The van der Waals surface area contributed by atoms with E-state index in [0.717, 1.165) is 5.75 Å². The minimum Gasteiger partial charge on any atom is -0.494 e. The second-order valence-corrected chi connectivity index (χ2v) is 4.41. The molecule has 0 saturated heterocycles. The van der Waals surface area contributed by atoms with E-state index in [9.17, 15) is 9.90 Å². The van der Waals surface area contributed by atoms with Crippen LogP contribution in [0, 0.1) is 0 Å². The Morgan fingerprint density at radius 1 is 1.30 bits per heavy atom. The maximum absolute atomic E-state index is 12.3. The van der Waals surface area contributed by atoms with E-state index in [0.29, 0.717) is 23.6 Å². The number of amides is 1. The summed E-state index contributed by atoms with van der Waals surface area (Å²) < 4.78 is 5.36. The van der Waals surface area contributed by atoms with Gasteiger partial charge in [-0.05, 0) is 43.3 Å². The average Bonchev–Trinajstić information content (AvgIpc) is 2.73. The molecule has 0 radical (unpaired) electrons. The van der Waals surface area contributed by atoms with Gasteiger partial charge in [-0.1, -0.05) is 0 Å². The molecule has 102 valence electrons. The third kappa shape index (κ3) is 1.92. The molecule has 1 atom stereocenters. The third-order valence-electron chi connectivity index (χ3n) is 3.20. The molecule has 1 aliphatic heterocycles. The lowest BCUT2D eigenvalue weighted by Crippen LogP contribution is -2.27. The first-order chi connectivity index (χ1) is 9.72. The Morgan fingerprint density at radius 2 is 2.05 bits per heavy atom. The maximum Gasteiger partial charge on any atom is 0.262 e. The van der Waals surface area contributed by atoms with Crippen molar-refractivity contribution in [3.8, 4) is 5.75 Å². The van der Waals surface area contributed by atoms with Gasteiger partial charge in [0.05, 0.1) is 12.2 Å². The Kier molecular flexibility index (Phi) is 3.12. The van der Waals surface area contributed by atoms with Gasteiger partial charge in [0, 0.05) is 11.9 Å². The van der Waals surface area contributed by atoms with E-state index in [1.807, 2.05) is 6.92 Å². The number of carbonyl (C=O) groups excluding carboxylic acids is 1. The van der Waals surface area contributed by atoms with Gasteiger partial charge in [0.15, 0.2) is 6.23 Å². The van der Waals surface area contributed by atoms with Crippen LogP contribution in [0.1, 0.15) is 29.2 Å². The summed E-state index contributed by atoms with van der Waals surface area (Å²) in [5.41, 5.74) is 1.45. The summed E-state index contributed by atoms with van der Waals surface area (Å²) in [5.74, 6) is 0.484. The van der Waals surface area contributed by atoms with Gasteiger partial charge in [0.2, 0.25) is 0 Å². The van der Waals surface area contributed by atoms with E-state index in [-0.39, 0.29) is 5.91 Å². The second kappa shape index (κ2) is 4.94. The predicted octanol–water partition coefficient (Wildman–Crippen LogP) is 2.13. The topological polar surface area (TPSA) is 62.7 Å². The fourth-order valence-corrected chi connectivity index (χ4v) is 2.30. The quantitative estimate of drug-likeness (QED) is 0.928. The molecule has 1 N–H and O–H groups in total. The zero-order valence-corrected chi connectivity index (χ0v) is 11.0. The Hall–Kier alpha value is -2.40. The monoisotopic (exact) mass is 270 g/mol. The first kappa shape index (κ1) is 12.6.